The summed E-state index contributed by atoms with van der Waals surface area (Å²) in [6.07, 6.45) is 6.57. The van der Waals surface area contributed by atoms with Gasteiger partial charge in [-0.05, 0) is 92.1 Å². The van der Waals surface area contributed by atoms with Crippen LogP contribution in [0.2, 0.25) is 0 Å². The van der Waals surface area contributed by atoms with E-state index < -0.39 is 0 Å². The Morgan fingerprint density at radius 3 is 1.87 bits per heavy atom. The fraction of sp³-hybridized carbons (Fsp3) is 1.00. The normalized spacial score (nSPS) is 24.4. The van der Waals surface area contributed by atoms with Gasteiger partial charge in [-0.15, -0.1) is 0 Å². The highest BCUT2D eigenvalue weighted by molar-refractivity contribution is 4.82. The minimum atomic E-state index is 0.709. The lowest BCUT2D eigenvalue weighted by molar-refractivity contribution is 0.140. The fourth-order valence-corrected chi connectivity index (χ4v) is 4.13. The average molecular weight is 325 g/mol. The van der Waals surface area contributed by atoms with Crippen LogP contribution in [-0.2, 0) is 0 Å². The molecular weight excluding hydrogens is 284 g/mol. The monoisotopic (exact) mass is 324 g/mol. The lowest BCUT2D eigenvalue weighted by atomic mass is 10.0. The Labute approximate surface area is 144 Å². The summed E-state index contributed by atoms with van der Waals surface area (Å²) in [5.41, 5.74) is 0. The zero-order valence-corrected chi connectivity index (χ0v) is 16.0. The van der Waals surface area contributed by atoms with E-state index in [9.17, 15) is 0 Å². The highest BCUT2D eigenvalue weighted by Gasteiger charge is 2.23. The van der Waals surface area contributed by atoms with Gasteiger partial charge in [0.1, 0.15) is 0 Å². The van der Waals surface area contributed by atoms with Crippen LogP contribution in [-0.4, -0.2) is 73.2 Å². The summed E-state index contributed by atoms with van der Waals surface area (Å²) in [6, 6.07) is 2.94. The summed E-state index contributed by atoms with van der Waals surface area (Å²) >= 11 is 0. The van der Waals surface area contributed by atoms with Gasteiger partial charge in [0.15, 0.2) is 0 Å². The third kappa shape index (κ3) is 6.33. The smallest absolute Gasteiger partial charge is 0.00914 e. The van der Waals surface area contributed by atoms with Crippen molar-refractivity contribution in [2.45, 2.75) is 84.0 Å². The molecule has 2 rings (SSSR count). The van der Waals surface area contributed by atoms with Crippen LogP contribution in [0.15, 0.2) is 0 Å². The van der Waals surface area contributed by atoms with E-state index >= 15 is 0 Å². The molecule has 0 saturated carbocycles. The maximum Gasteiger partial charge on any atom is 0.00914 e. The molecule has 0 aliphatic carbocycles. The second-order valence-electron chi connectivity index (χ2n) is 7.86. The molecule has 0 spiro atoms. The maximum absolute atomic E-state index is 3.81. The lowest BCUT2D eigenvalue weighted by Crippen LogP contribution is -2.48. The van der Waals surface area contributed by atoms with Crippen molar-refractivity contribution in [1.29, 1.82) is 0 Å². The molecule has 2 aliphatic heterocycles. The zero-order valence-electron chi connectivity index (χ0n) is 16.0. The fourth-order valence-electron chi connectivity index (χ4n) is 4.13. The second-order valence-corrected chi connectivity index (χ2v) is 7.86. The van der Waals surface area contributed by atoms with E-state index in [2.05, 4.69) is 48.1 Å². The van der Waals surface area contributed by atoms with E-state index in [1.165, 1.54) is 64.8 Å². The van der Waals surface area contributed by atoms with Gasteiger partial charge in [-0.25, -0.2) is 0 Å². The Hall–Kier alpha value is -0.160. The molecule has 0 aromatic rings. The van der Waals surface area contributed by atoms with Gasteiger partial charge in [-0.3, -0.25) is 0 Å². The van der Waals surface area contributed by atoms with Crippen molar-refractivity contribution >= 4 is 0 Å². The molecule has 2 saturated heterocycles. The number of nitrogens with zero attached hydrogens (tertiary/aromatic N) is 2. The van der Waals surface area contributed by atoms with Crippen LogP contribution in [0.4, 0.5) is 0 Å². The minimum Gasteiger partial charge on any atom is -0.314 e. The number of rotatable bonds is 8. The number of hydrogen-bond donors (Lipinski definition) is 2. The number of hydrogen-bond acceptors (Lipinski definition) is 4. The number of likely N-dealkylation sites (tertiary alicyclic amines) is 2. The minimum absolute atomic E-state index is 0.709. The summed E-state index contributed by atoms with van der Waals surface area (Å²) < 4.78 is 0. The van der Waals surface area contributed by atoms with Crippen LogP contribution >= 0.6 is 0 Å². The molecule has 1 atom stereocenters. The molecule has 4 nitrogen and oxygen atoms in total. The molecular formula is C19H40N4. The van der Waals surface area contributed by atoms with Gasteiger partial charge in [-0.1, -0.05) is 6.92 Å². The molecule has 0 radical (unpaired) electrons. The van der Waals surface area contributed by atoms with Crippen molar-refractivity contribution in [2.24, 2.45) is 0 Å². The van der Waals surface area contributed by atoms with Gasteiger partial charge in [0.05, 0.1) is 0 Å². The molecule has 0 aromatic heterocycles. The molecule has 2 heterocycles. The van der Waals surface area contributed by atoms with E-state index in [1.807, 2.05) is 0 Å². The quantitative estimate of drug-likeness (QED) is 0.717. The molecule has 4 heteroatoms. The zero-order chi connectivity index (χ0) is 16.7. The molecule has 0 aromatic carbocycles. The number of nitrogens with one attached hydrogen (secondary N) is 2. The van der Waals surface area contributed by atoms with Gasteiger partial charge >= 0.3 is 0 Å². The predicted octanol–water partition coefficient (Wildman–Crippen LogP) is 2.30. The van der Waals surface area contributed by atoms with Crippen LogP contribution in [0.5, 0.6) is 0 Å². The average Bonchev–Trinajstić information content (AvgIpc) is 2.56. The summed E-state index contributed by atoms with van der Waals surface area (Å²) in [7, 11) is 0. The standard InChI is InChI=1S/C19H40N4/c1-5-20-18-9-14-23(15-10-18)17(4)6-11-21-19-7-12-22(13-8-19)16(2)3/h16-21H,5-15H2,1-4H3. The summed E-state index contributed by atoms with van der Waals surface area (Å²) in [6.45, 7) is 16.6. The van der Waals surface area contributed by atoms with E-state index in [-0.39, 0.29) is 0 Å². The van der Waals surface area contributed by atoms with Crippen molar-refractivity contribution in [2.75, 3.05) is 39.3 Å². The van der Waals surface area contributed by atoms with Crippen molar-refractivity contribution in [3.8, 4) is 0 Å². The van der Waals surface area contributed by atoms with E-state index in [0.717, 1.165) is 24.7 Å². The van der Waals surface area contributed by atoms with Gasteiger partial charge in [-0.2, -0.15) is 0 Å². The molecule has 2 aliphatic rings. The van der Waals surface area contributed by atoms with Crippen molar-refractivity contribution in [1.82, 2.24) is 20.4 Å². The van der Waals surface area contributed by atoms with Crippen molar-refractivity contribution in [3.63, 3.8) is 0 Å². The Morgan fingerprint density at radius 2 is 1.35 bits per heavy atom. The topological polar surface area (TPSA) is 30.5 Å². The SMILES string of the molecule is CCNC1CCN(C(C)CCNC2CCN(C(C)C)CC2)CC1. The molecule has 0 bridgehead atoms. The molecule has 136 valence electrons. The highest BCUT2D eigenvalue weighted by atomic mass is 15.2. The second kappa shape index (κ2) is 9.97. The van der Waals surface area contributed by atoms with Crippen LogP contribution < -0.4 is 10.6 Å². The van der Waals surface area contributed by atoms with Gasteiger partial charge in [0.25, 0.3) is 0 Å². The Morgan fingerprint density at radius 1 is 0.826 bits per heavy atom. The first-order chi connectivity index (χ1) is 11.1. The Kier molecular flexibility index (Phi) is 8.31. The maximum atomic E-state index is 3.81. The molecule has 0 amide bonds. The summed E-state index contributed by atoms with van der Waals surface area (Å²) in [5, 5.41) is 7.41. The highest BCUT2D eigenvalue weighted by Crippen LogP contribution is 2.16. The Bertz CT molecular complexity index is 304. The Balaban J connectivity index is 1.56. The van der Waals surface area contributed by atoms with Gasteiger partial charge in [0.2, 0.25) is 0 Å². The van der Waals surface area contributed by atoms with Gasteiger partial charge < -0.3 is 20.4 Å². The summed E-state index contributed by atoms with van der Waals surface area (Å²) in [5.74, 6) is 0. The van der Waals surface area contributed by atoms with Gasteiger partial charge in [0, 0.05) is 24.2 Å². The largest absolute Gasteiger partial charge is 0.314 e. The first-order valence-corrected chi connectivity index (χ1v) is 10.0. The van der Waals surface area contributed by atoms with Crippen LogP contribution in [0.25, 0.3) is 0 Å². The number of piperidine rings is 2. The van der Waals surface area contributed by atoms with Crippen LogP contribution in [0.3, 0.4) is 0 Å². The summed E-state index contributed by atoms with van der Waals surface area (Å²) in [4.78, 5) is 5.30. The van der Waals surface area contributed by atoms with E-state index in [4.69, 9.17) is 0 Å². The molecule has 1 unspecified atom stereocenters. The van der Waals surface area contributed by atoms with E-state index in [1.54, 1.807) is 0 Å². The third-order valence-electron chi connectivity index (χ3n) is 5.90. The molecule has 2 N–H and O–H groups in total. The van der Waals surface area contributed by atoms with Crippen molar-refractivity contribution in [3.05, 3.63) is 0 Å². The molecule has 23 heavy (non-hydrogen) atoms. The first kappa shape index (κ1) is 19.2. The molecule has 2 fully saturated rings. The van der Waals surface area contributed by atoms with Crippen molar-refractivity contribution < 1.29 is 0 Å². The van der Waals surface area contributed by atoms with E-state index in [0.29, 0.717) is 6.04 Å². The first-order valence-electron chi connectivity index (χ1n) is 10.0. The van der Waals surface area contributed by atoms with Crippen LogP contribution in [0, 0.1) is 0 Å². The third-order valence-corrected chi connectivity index (χ3v) is 5.90. The van der Waals surface area contributed by atoms with Crippen LogP contribution in [0.1, 0.15) is 59.8 Å². The predicted molar refractivity (Wildman–Crippen MR) is 100 cm³/mol. The lowest BCUT2D eigenvalue weighted by Gasteiger charge is -2.37.